The molecule has 5 heterocycles. The summed E-state index contributed by atoms with van der Waals surface area (Å²) in [5, 5.41) is 12.8. The van der Waals surface area contributed by atoms with Gasteiger partial charge in [-0.05, 0) is 54.9 Å². The van der Waals surface area contributed by atoms with Gasteiger partial charge in [0.15, 0.2) is 6.10 Å². The minimum atomic E-state index is -1.13. The van der Waals surface area contributed by atoms with Crippen LogP contribution in [0.2, 0.25) is 0 Å². The van der Waals surface area contributed by atoms with Crippen molar-refractivity contribution in [3.63, 3.8) is 0 Å². The Labute approximate surface area is 327 Å². The van der Waals surface area contributed by atoms with E-state index in [-0.39, 0.29) is 30.3 Å². The number of amides is 4. The summed E-state index contributed by atoms with van der Waals surface area (Å²) in [5.41, 5.74) is 11.3. The number of H-pyrrole nitrogens is 3. The zero-order valence-electron chi connectivity index (χ0n) is 31.8. The average Bonchev–Trinajstić information content (AvgIpc) is 4.08. The number of ether oxygens (including phenoxy) is 3. The number of primary amides is 1. The van der Waals surface area contributed by atoms with E-state index >= 15 is 0 Å². The molecule has 2 saturated heterocycles. The Bertz CT molecular complexity index is 2170. The van der Waals surface area contributed by atoms with Crippen molar-refractivity contribution in [3.05, 3.63) is 84.5 Å². The molecule has 4 amide bonds. The van der Waals surface area contributed by atoms with Crippen molar-refractivity contribution in [1.82, 2.24) is 50.5 Å². The number of methoxy groups -OCH3 is 2. The summed E-state index contributed by atoms with van der Waals surface area (Å²) in [6, 6.07) is 14.8. The number of hydrogen-bond donors (Lipinski definition) is 5. The molecule has 298 valence electrons. The van der Waals surface area contributed by atoms with E-state index in [4.69, 9.17) is 19.9 Å². The highest BCUT2D eigenvalue weighted by Crippen LogP contribution is 2.35. The molecule has 57 heavy (non-hydrogen) atoms. The lowest BCUT2D eigenvalue weighted by atomic mass is 10.0. The SMILES string of the molecule is COC(=O)N[C@H](C(=O)N1CCC[C@H]1c1ncc(-c2ccc(-c3ccc(-c4cnc([C@@H]5CCCN5C(=O)[C@H](Cc5c[nH]nn5)OC(N)=O)[nH]4)cc3)cc2)[nH]1)[C@@H](C)OC. The van der Waals surface area contributed by atoms with Gasteiger partial charge in [0.05, 0.1) is 54.8 Å². The summed E-state index contributed by atoms with van der Waals surface area (Å²) < 4.78 is 15.3. The minimum Gasteiger partial charge on any atom is -0.453 e. The number of rotatable bonds is 13. The van der Waals surface area contributed by atoms with Crippen LogP contribution in [0.4, 0.5) is 9.59 Å². The van der Waals surface area contributed by atoms with Crippen LogP contribution < -0.4 is 11.1 Å². The van der Waals surface area contributed by atoms with Gasteiger partial charge in [0.1, 0.15) is 17.7 Å². The number of alkyl carbamates (subject to hydrolysis) is 1. The number of likely N-dealkylation sites (tertiary alicyclic amines) is 2. The second kappa shape index (κ2) is 17.1. The van der Waals surface area contributed by atoms with Crippen molar-refractivity contribution >= 4 is 24.0 Å². The third kappa shape index (κ3) is 8.50. The van der Waals surface area contributed by atoms with E-state index in [1.54, 1.807) is 29.1 Å². The fourth-order valence-corrected chi connectivity index (χ4v) is 7.52. The molecule has 7 rings (SSSR count). The van der Waals surface area contributed by atoms with E-state index in [2.05, 4.69) is 40.7 Å². The Morgan fingerprint density at radius 2 is 1.35 bits per heavy atom. The summed E-state index contributed by atoms with van der Waals surface area (Å²) in [6.07, 6.45) is 4.67. The van der Waals surface area contributed by atoms with Crippen LogP contribution in [0.15, 0.2) is 67.1 Å². The monoisotopic (exact) mass is 779 g/mol. The molecule has 6 N–H and O–H groups in total. The second-order valence-corrected chi connectivity index (χ2v) is 14.0. The van der Waals surface area contributed by atoms with Gasteiger partial charge in [0, 0.05) is 32.8 Å². The molecule has 0 bridgehead atoms. The van der Waals surface area contributed by atoms with Crippen molar-refractivity contribution in [2.75, 3.05) is 27.3 Å². The molecular formula is C39H45N11O7. The number of carbonyl (C=O) groups is 4. The molecule has 5 atom stereocenters. The number of carbonyl (C=O) groups excluding carboxylic acids is 4. The van der Waals surface area contributed by atoms with Gasteiger partial charge in [-0.2, -0.15) is 0 Å². The lowest BCUT2D eigenvalue weighted by Gasteiger charge is -2.30. The largest absolute Gasteiger partial charge is 0.453 e. The van der Waals surface area contributed by atoms with Crippen LogP contribution in [-0.2, 0) is 30.2 Å². The number of hydrogen-bond acceptors (Lipinski definition) is 11. The first-order valence-corrected chi connectivity index (χ1v) is 18.7. The van der Waals surface area contributed by atoms with Crippen LogP contribution in [0, 0.1) is 0 Å². The number of aromatic amines is 3. The summed E-state index contributed by atoms with van der Waals surface area (Å²) in [7, 11) is 2.74. The number of nitrogens with zero attached hydrogens (tertiary/aromatic N) is 6. The van der Waals surface area contributed by atoms with E-state index in [0.29, 0.717) is 36.9 Å². The van der Waals surface area contributed by atoms with E-state index in [0.717, 1.165) is 52.9 Å². The Morgan fingerprint density at radius 1 is 0.825 bits per heavy atom. The maximum atomic E-state index is 13.6. The number of nitrogens with one attached hydrogen (secondary N) is 4. The van der Waals surface area contributed by atoms with Gasteiger partial charge >= 0.3 is 12.2 Å². The average molecular weight is 780 g/mol. The zero-order valence-corrected chi connectivity index (χ0v) is 31.8. The van der Waals surface area contributed by atoms with Crippen molar-refractivity contribution in [2.24, 2.45) is 5.73 Å². The maximum Gasteiger partial charge on any atom is 0.407 e. The van der Waals surface area contributed by atoms with Crippen molar-refractivity contribution in [3.8, 4) is 33.6 Å². The maximum absolute atomic E-state index is 13.6. The highest BCUT2D eigenvalue weighted by molar-refractivity contribution is 5.87. The molecule has 2 aliphatic heterocycles. The molecule has 2 aromatic carbocycles. The molecule has 3 aromatic heterocycles. The topological polar surface area (TPSA) is 239 Å². The zero-order chi connectivity index (χ0) is 40.1. The Hall–Kier alpha value is -6.56. The quantitative estimate of drug-likeness (QED) is 0.114. The third-order valence-corrected chi connectivity index (χ3v) is 10.6. The Kier molecular flexibility index (Phi) is 11.6. The first-order chi connectivity index (χ1) is 27.6. The van der Waals surface area contributed by atoms with Crippen LogP contribution in [0.3, 0.4) is 0 Å². The summed E-state index contributed by atoms with van der Waals surface area (Å²) in [5.74, 6) is 0.694. The number of nitrogens with two attached hydrogens (primary N) is 1. The Morgan fingerprint density at radius 3 is 1.82 bits per heavy atom. The number of benzene rings is 2. The molecule has 2 aliphatic rings. The van der Waals surface area contributed by atoms with Crippen LogP contribution in [0.1, 0.15) is 62.0 Å². The lowest BCUT2D eigenvalue weighted by molar-refractivity contribution is -0.141. The smallest absolute Gasteiger partial charge is 0.407 e. The predicted octanol–water partition coefficient (Wildman–Crippen LogP) is 4.05. The van der Waals surface area contributed by atoms with E-state index < -0.39 is 30.4 Å². The molecule has 2 fully saturated rings. The normalized spacial score (nSPS) is 18.2. The third-order valence-electron chi connectivity index (χ3n) is 10.6. The van der Waals surface area contributed by atoms with E-state index in [1.807, 2.05) is 48.5 Å². The predicted molar refractivity (Wildman–Crippen MR) is 205 cm³/mol. The van der Waals surface area contributed by atoms with Gasteiger partial charge in [-0.1, -0.05) is 53.7 Å². The number of imidazole rings is 2. The summed E-state index contributed by atoms with van der Waals surface area (Å²) >= 11 is 0. The molecule has 18 heteroatoms. The molecule has 0 spiro atoms. The summed E-state index contributed by atoms with van der Waals surface area (Å²) in [4.78, 5) is 70.3. The molecule has 0 radical (unpaired) electrons. The van der Waals surface area contributed by atoms with Crippen molar-refractivity contribution < 1.29 is 33.4 Å². The Balaban J connectivity index is 0.999. The fraction of sp³-hybridized carbons (Fsp3) is 0.385. The van der Waals surface area contributed by atoms with Gasteiger partial charge in [0.25, 0.3) is 5.91 Å². The standard InChI is InChI=1S/C39H45N11O7/c1-22(55-2)33(46-39(54)56-3)37(52)50-17-5-7-31(50)35-42-21-29(45-35)26-14-10-24(11-15-26)23-8-12-25(13-9-23)28-20-41-34(44-28)30-6-4-16-49(30)36(51)32(57-38(40)53)18-27-19-43-48-47-27/h8-15,19-22,30-33H,4-7,16-18H2,1-3H3,(H2,40,53)(H,41,44)(H,42,45)(H,46,54)(H,43,47,48)/t22-,30+,31+,32+,33+/m1/s1. The fourth-order valence-electron chi connectivity index (χ4n) is 7.52. The molecule has 18 nitrogen and oxygen atoms in total. The summed E-state index contributed by atoms with van der Waals surface area (Å²) in [6.45, 7) is 2.75. The van der Waals surface area contributed by atoms with Crippen molar-refractivity contribution in [2.45, 2.75) is 69.4 Å². The first kappa shape index (κ1) is 38.7. The first-order valence-electron chi connectivity index (χ1n) is 18.7. The van der Waals surface area contributed by atoms with Gasteiger partial charge in [-0.25, -0.2) is 19.6 Å². The van der Waals surface area contributed by atoms with Gasteiger partial charge in [-0.3, -0.25) is 14.7 Å². The molecular weight excluding hydrogens is 734 g/mol. The molecule has 0 unspecified atom stereocenters. The van der Waals surface area contributed by atoms with Gasteiger partial charge < -0.3 is 45.0 Å². The molecule has 5 aromatic rings. The number of aromatic nitrogens is 7. The lowest BCUT2D eigenvalue weighted by Crippen LogP contribution is -2.54. The molecule has 0 saturated carbocycles. The van der Waals surface area contributed by atoms with Crippen molar-refractivity contribution in [1.29, 1.82) is 0 Å². The van der Waals surface area contributed by atoms with Crippen LogP contribution in [0.25, 0.3) is 33.6 Å². The van der Waals surface area contributed by atoms with Gasteiger partial charge in [0.2, 0.25) is 5.91 Å². The van der Waals surface area contributed by atoms with E-state index in [9.17, 15) is 19.2 Å². The minimum absolute atomic E-state index is 0.0441. The highest BCUT2D eigenvalue weighted by atomic mass is 16.6. The molecule has 0 aliphatic carbocycles. The van der Waals surface area contributed by atoms with E-state index in [1.165, 1.54) is 20.4 Å². The van der Waals surface area contributed by atoms with Crippen LogP contribution in [-0.4, -0.2) is 115 Å². The second-order valence-electron chi connectivity index (χ2n) is 14.0. The van der Waals surface area contributed by atoms with Gasteiger partial charge in [-0.15, -0.1) is 5.10 Å². The highest BCUT2D eigenvalue weighted by Gasteiger charge is 2.39. The van der Waals surface area contributed by atoms with Crippen LogP contribution >= 0.6 is 0 Å². The van der Waals surface area contributed by atoms with Crippen LogP contribution in [0.5, 0.6) is 0 Å².